The summed E-state index contributed by atoms with van der Waals surface area (Å²) in [6.45, 7) is 2.02. The Kier molecular flexibility index (Phi) is 5.86. The molecule has 2 N–H and O–H groups in total. The molecule has 31 heavy (non-hydrogen) atoms. The lowest BCUT2D eigenvalue weighted by atomic mass is 9.58. The number of carbonyl (C=O) groups excluding carboxylic acids is 1. The van der Waals surface area contributed by atoms with Gasteiger partial charge in [0, 0.05) is 24.9 Å². The maximum atomic E-state index is 15.0. The molecule has 0 bridgehead atoms. The van der Waals surface area contributed by atoms with Crippen molar-refractivity contribution in [2.75, 3.05) is 26.8 Å². The van der Waals surface area contributed by atoms with Gasteiger partial charge < -0.3 is 20.1 Å². The van der Waals surface area contributed by atoms with Crippen LogP contribution in [0.5, 0.6) is 5.75 Å². The number of rotatable bonds is 3. The van der Waals surface area contributed by atoms with E-state index in [2.05, 4.69) is 0 Å². The van der Waals surface area contributed by atoms with Crippen LogP contribution < -0.4 is 10.5 Å². The van der Waals surface area contributed by atoms with Crippen LogP contribution in [0.1, 0.15) is 18.4 Å². The maximum Gasteiger partial charge on any atom is 0.410 e. The molecule has 0 spiro atoms. The zero-order valence-electron chi connectivity index (χ0n) is 17.1. The van der Waals surface area contributed by atoms with Crippen LogP contribution in [0.2, 0.25) is 0 Å². The lowest BCUT2D eigenvalue weighted by Gasteiger charge is -2.45. The minimum absolute atomic E-state index is 0.0103. The fraction of sp³-hybridized carbons (Fsp3) is 0.364. The minimum atomic E-state index is -2.02. The number of benzene rings is 1. The molecule has 0 saturated carbocycles. The molecule has 0 saturated heterocycles. The van der Waals surface area contributed by atoms with Crippen molar-refractivity contribution in [1.29, 1.82) is 15.8 Å². The maximum absolute atomic E-state index is 15.0. The van der Waals surface area contributed by atoms with Crippen molar-refractivity contribution in [3.8, 4) is 24.0 Å². The minimum Gasteiger partial charge on any atom is -0.497 e. The molecule has 3 rings (SSSR count). The Balaban J connectivity index is 2.29. The van der Waals surface area contributed by atoms with Crippen molar-refractivity contribution in [3.05, 3.63) is 52.5 Å². The second-order valence-electron chi connectivity index (χ2n) is 7.17. The Bertz CT molecular complexity index is 1090. The second kappa shape index (κ2) is 8.38. The largest absolute Gasteiger partial charge is 0.497 e. The third kappa shape index (κ3) is 3.33. The van der Waals surface area contributed by atoms with Crippen LogP contribution in [0, 0.1) is 51.1 Å². The molecule has 0 aromatic heterocycles. The number of hydrogen-bond donors (Lipinski definition) is 1. The normalized spacial score (nSPS) is 21.7. The standard InChI is InChI=1S/C22H20FN5O3/c1-3-31-21(29)28-7-6-14-16(9-24)20(27)22(11-25,12-26)19(17(14)10-28)15-8-13(30-2)4-5-18(15)23/h4-6,8,17,19H,3,7,10,27H2,1-2H3/t17-,19-/m0/s1. The van der Waals surface area contributed by atoms with Crippen molar-refractivity contribution in [2.24, 2.45) is 17.1 Å². The lowest BCUT2D eigenvalue weighted by Crippen LogP contribution is -2.49. The van der Waals surface area contributed by atoms with Gasteiger partial charge in [0.05, 0.1) is 37.1 Å². The molecule has 1 aliphatic carbocycles. The number of amides is 1. The number of nitriles is 3. The number of methoxy groups -OCH3 is 1. The first-order chi connectivity index (χ1) is 14.9. The van der Waals surface area contributed by atoms with E-state index >= 15 is 4.39 Å². The smallest absolute Gasteiger partial charge is 0.410 e. The van der Waals surface area contributed by atoms with Gasteiger partial charge in [-0.3, -0.25) is 0 Å². The molecule has 1 heterocycles. The Morgan fingerprint density at radius 1 is 1.35 bits per heavy atom. The molecule has 2 aliphatic rings. The van der Waals surface area contributed by atoms with Gasteiger partial charge in [-0.2, -0.15) is 15.8 Å². The highest BCUT2D eigenvalue weighted by Gasteiger charge is 2.55. The number of halogens is 1. The van der Waals surface area contributed by atoms with Crippen LogP contribution in [0.25, 0.3) is 0 Å². The molecule has 2 atom stereocenters. The van der Waals surface area contributed by atoms with E-state index in [4.69, 9.17) is 15.2 Å². The van der Waals surface area contributed by atoms with E-state index in [1.165, 1.54) is 30.2 Å². The van der Waals surface area contributed by atoms with Crippen LogP contribution in [-0.2, 0) is 4.74 Å². The van der Waals surface area contributed by atoms with Gasteiger partial charge in [0.15, 0.2) is 5.41 Å². The molecule has 158 valence electrons. The summed E-state index contributed by atoms with van der Waals surface area (Å²) in [6.07, 6.45) is 1.06. The number of ether oxygens (including phenoxy) is 2. The molecule has 0 fully saturated rings. The molecule has 1 amide bonds. The Hall–Kier alpha value is -4.03. The van der Waals surface area contributed by atoms with Gasteiger partial charge >= 0.3 is 6.09 Å². The first kappa shape index (κ1) is 21.7. The molecule has 8 nitrogen and oxygen atoms in total. The Morgan fingerprint density at radius 2 is 2.06 bits per heavy atom. The number of nitrogens with two attached hydrogens (primary N) is 1. The summed E-state index contributed by atoms with van der Waals surface area (Å²) in [7, 11) is 1.41. The highest BCUT2D eigenvalue weighted by Crippen LogP contribution is 2.54. The van der Waals surface area contributed by atoms with E-state index in [1.54, 1.807) is 13.0 Å². The van der Waals surface area contributed by atoms with Crippen LogP contribution >= 0.6 is 0 Å². The topological polar surface area (TPSA) is 136 Å². The van der Waals surface area contributed by atoms with Gasteiger partial charge in [-0.05, 0) is 36.3 Å². The number of carbonyl (C=O) groups is 1. The van der Waals surface area contributed by atoms with Crippen LogP contribution in [-0.4, -0.2) is 37.8 Å². The quantitative estimate of drug-likeness (QED) is 0.792. The van der Waals surface area contributed by atoms with Crippen molar-refractivity contribution in [2.45, 2.75) is 12.8 Å². The zero-order chi connectivity index (χ0) is 22.8. The summed E-state index contributed by atoms with van der Waals surface area (Å²) in [5.41, 5.74) is 4.50. The van der Waals surface area contributed by atoms with Gasteiger partial charge in [-0.15, -0.1) is 0 Å². The van der Waals surface area contributed by atoms with E-state index in [-0.39, 0.29) is 36.5 Å². The SMILES string of the molecule is CCOC(=O)N1CC=C2C(C#N)=C(N)C(C#N)(C#N)[C@@H](c3cc(OC)ccc3F)[C@H]2C1. The Labute approximate surface area is 179 Å². The van der Waals surface area contributed by atoms with E-state index in [9.17, 15) is 20.6 Å². The number of allylic oxidation sites excluding steroid dienone is 2. The van der Waals surface area contributed by atoms with Gasteiger partial charge in [-0.25, -0.2) is 9.18 Å². The van der Waals surface area contributed by atoms with Gasteiger partial charge in [-0.1, -0.05) is 6.08 Å². The zero-order valence-corrected chi connectivity index (χ0v) is 17.1. The van der Waals surface area contributed by atoms with E-state index in [0.717, 1.165) is 0 Å². The molecule has 0 radical (unpaired) electrons. The van der Waals surface area contributed by atoms with Gasteiger partial charge in [0.25, 0.3) is 0 Å². The summed E-state index contributed by atoms with van der Waals surface area (Å²) >= 11 is 0. The highest BCUT2D eigenvalue weighted by molar-refractivity contribution is 5.69. The van der Waals surface area contributed by atoms with Crippen molar-refractivity contribution >= 4 is 6.09 Å². The average molecular weight is 421 g/mol. The summed E-state index contributed by atoms with van der Waals surface area (Å²) in [5.74, 6) is -2.14. The number of hydrogen-bond acceptors (Lipinski definition) is 7. The fourth-order valence-corrected chi connectivity index (χ4v) is 4.27. The average Bonchev–Trinajstić information content (AvgIpc) is 2.79. The number of fused-ring (bicyclic) bond motifs is 1. The molecule has 0 unspecified atom stereocenters. The van der Waals surface area contributed by atoms with Crippen LogP contribution in [0.15, 0.2) is 41.1 Å². The molecular formula is C22H20FN5O3. The van der Waals surface area contributed by atoms with Crippen molar-refractivity contribution < 1.29 is 18.7 Å². The second-order valence-corrected chi connectivity index (χ2v) is 7.17. The van der Waals surface area contributed by atoms with Crippen LogP contribution in [0.4, 0.5) is 9.18 Å². The first-order valence-corrected chi connectivity index (χ1v) is 9.56. The predicted molar refractivity (Wildman–Crippen MR) is 106 cm³/mol. The van der Waals surface area contributed by atoms with E-state index < -0.39 is 29.2 Å². The molecular weight excluding hydrogens is 401 g/mol. The first-order valence-electron chi connectivity index (χ1n) is 9.56. The third-order valence-corrected chi connectivity index (χ3v) is 5.73. The summed E-state index contributed by atoms with van der Waals surface area (Å²) < 4.78 is 25.3. The monoisotopic (exact) mass is 421 g/mol. The summed E-state index contributed by atoms with van der Waals surface area (Å²) in [4.78, 5) is 13.7. The van der Waals surface area contributed by atoms with Crippen molar-refractivity contribution in [3.63, 3.8) is 0 Å². The molecule has 1 aromatic rings. The lowest BCUT2D eigenvalue weighted by molar-refractivity contribution is 0.0997. The molecule has 9 heteroatoms. The predicted octanol–water partition coefficient (Wildman–Crippen LogP) is 2.72. The van der Waals surface area contributed by atoms with Crippen molar-refractivity contribution in [1.82, 2.24) is 4.90 Å². The molecule has 1 aromatic carbocycles. The number of nitrogens with zero attached hydrogens (tertiary/aromatic N) is 4. The third-order valence-electron chi connectivity index (χ3n) is 5.73. The van der Waals surface area contributed by atoms with Gasteiger partial charge in [0.1, 0.15) is 17.6 Å². The highest BCUT2D eigenvalue weighted by atomic mass is 19.1. The molecule has 1 aliphatic heterocycles. The summed E-state index contributed by atoms with van der Waals surface area (Å²) in [6, 6.07) is 9.87. The van der Waals surface area contributed by atoms with Crippen LogP contribution in [0.3, 0.4) is 0 Å². The fourth-order valence-electron chi connectivity index (χ4n) is 4.27. The Morgan fingerprint density at radius 3 is 2.65 bits per heavy atom. The summed E-state index contributed by atoms with van der Waals surface area (Å²) in [5, 5.41) is 29.8. The van der Waals surface area contributed by atoms with E-state index in [1.807, 2.05) is 18.2 Å². The van der Waals surface area contributed by atoms with E-state index in [0.29, 0.717) is 11.3 Å². The van der Waals surface area contributed by atoms with Gasteiger partial charge in [0.2, 0.25) is 0 Å².